The van der Waals surface area contributed by atoms with Gasteiger partial charge in [-0.2, -0.15) is 0 Å². The van der Waals surface area contributed by atoms with E-state index in [0.717, 1.165) is 30.6 Å². The Morgan fingerprint density at radius 1 is 0.966 bits per heavy atom. The van der Waals surface area contributed by atoms with E-state index < -0.39 is 22.2 Å². The predicted molar refractivity (Wildman–Crippen MR) is 118 cm³/mol. The Morgan fingerprint density at radius 3 is 2.00 bits per heavy atom. The van der Waals surface area contributed by atoms with Crippen molar-refractivity contribution < 1.29 is 17.9 Å². The highest BCUT2D eigenvalue weighted by atomic mass is 32.2. The van der Waals surface area contributed by atoms with E-state index in [1.165, 1.54) is 0 Å². The van der Waals surface area contributed by atoms with Crippen molar-refractivity contribution in [3.63, 3.8) is 0 Å². The zero-order chi connectivity index (χ0) is 21.4. The number of hydrogen-bond acceptors (Lipinski definition) is 5. The van der Waals surface area contributed by atoms with Crippen molar-refractivity contribution in [1.29, 1.82) is 0 Å². The van der Waals surface area contributed by atoms with Crippen LogP contribution in [-0.2, 0) is 14.8 Å². The lowest BCUT2D eigenvalue weighted by atomic mass is 10.1. The summed E-state index contributed by atoms with van der Waals surface area (Å²) >= 11 is 0. The lowest BCUT2D eigenvalue weighted by Crippen LogP contribution is -2.21. The highest BCUT2D eigenvalue weighted by Gasteiger charge is 2.15. The number of nitrogens with zero attached hydrogens (tertiary/aromatic N) is 1. The second kappa shape index (κ2) is 10.2. The first-order valence-electron chi connectivity index (χ1n) is 9.66. The Morgan fingerprint density at radius 2 is 1.52 bits per heavy atom. The molecule has 0 heterocycles. The van der Waals surface area contributed by atoms with Crippen LogP contribution in [0.1, 0.15) is 38.9 Å². The molecule has 158 valence electrons. The molecule has 1 amide bonds. The third-order valence-corrected chi connectivity index (χ3v) is 5.05. The third kappa shape index (κ3) is 6.98. The molecule has 0 aliphatic carbocycles. The van der Waals surface area contributed by atoms with Crippen LogP contribution in [0.4, 0.5) is 21.9 Å². The Hall–Kier alpha value is -2.74. The van der Waals surface area contributed by atoms with Crippen LogP contribution < -0.4 is 14.9 Å². The van der Waals surface area contributed by atoms with Crippen molar-refractivity contribution in [3.05, 3.63) is 54.1 Å². The van der Waals surface area contributed by atoms with Gasteiger partial charge in [-0.1, -0.05) is 19.1 Å². The number of ether oxygens (including phenoxy) is 1. The summed E-state index contributed by atoms with van der Waals surface area (Å²) in [6.45, 7) is 7.95. The summed E-state index contributed by atoms with van der Waals surface area (Å²) in [5, 5.41) is 2.75. The van der Waals surface area contributed by atoms with Crippen LogP contribution in [0.3, 0.4) is 0 Å². The lowest BCUT2D eigenvalue weighted by molar-refractivity contribution is 0.108. The van der Waals surface area contributed by atoms with E-state index in [2.05, 4.69) is 28.8 Å². The molecule has 0 aliphatic heterocycles. The SMILES string of the molecule is CCC(OC(=O)Nc1ccc(N(CC)CC)cc1)c1ccc(NS(C)(=O)=O)cc1. The van der Waals surface area contributed by atoms with E-state index in [1.54, 1.807) is 24.3 Å². The molecule has 0 saturated heterocycles. The van der Waals surface area contributed by atoms with E-state index in [1.807, 2.05) is 31.2 Å². The van der Waals surface area contributed by atoms with Gasteiger partial charge in [0.25, 0.3) is 0 Å². The second-order valence-electron chi connectivity index (χ2n) is 6.64. The third-order valence-electron chi connectivity index (χ3n) is 4.45. The zero-order valence-electron chi connectivity index (χ0n) is 17.3. The van der Waals surface area contributed by atoms with Gasteiger partial charge >= 0.3 is 6.09 Å². The Kier molecular flexibility index (Phi) is 7.90. The number of rotatable bonds is 9. The summed E-state index contributed by atoms with van der Waals surface area (Å²) < 4.78 is 30.6. The van der Waals surface area contributed by atoms with Crippen LogP contribution in [0.2, 0.25) is 0 Å². The number of carbonyl (C=O) groups excluding carboxylic acids is 1. The van der Waals surface area contributed by atoms with E-state index in [0.29, 0.717) is 17.8 Å². The second-order valence-corrected chi connectivity index (χ2v) is 8.39. The molecule has 0 bridgehead atoms. The summed E-state index contributed by atoms with van der Waals surface area (Å²) in [5.74, 6) is 0. The number of amides is 1. The maximum absolute atomic E-state index is 12.3. The van der Waals surface area contributed by atoms with Gasteiger partial charge in [0.15, 0.2) is 0 Å². The van der Waals surface area contributed by atoms with Gasteiger partial charge in [0.05, 0.1) is 6.26 Å². The van der Waals surface area contributed by atoms with Gasteiger partial charge in [0, 0.05) is 30.2 Å². The Bertz CT molecular complexity index is 893. The smallest absolute Gasteiger partial charge is 0.412 e. The first-order valence-corrected chi connectivity index (χ1v) is 11.5. The molecule has 0 fully saturated rings. The van der Waals surface area contributed by atoms with Crippen molar-refractivity contribution in [1.82, 2.24) is 0 Å². The molecule has 0 spiro atoms. The number of benzene rings is 2. The van der Waals surface area contributed by atoms with Gasteiger partial charge in [-0.3, -0.25) is 10.0 Å². The molecule has 2 aromatic carbocycles. The van der Waals surface area contributed by atoms with Crippen molar-refractivity contribution in [3.8, 4) is 0 Å². The summed E-state index contributed by atoms with van der Waals surface area (Å²) in [4.78, 5) is 14.5. The van der Waals surface area contributed by atoms with Crippen LogP contribution in [0, 0.1) is 0 Å². The molecular weight excluding hydrogens is 390 g/mol. The monoisotopic (exact) mass is 419 g/mol. The molecular formula is C21H29N3O4S. The zero-order valence-corrected chi connectivity index (χ0v) is 18.1. The molecule has 2 rings (SSSR count). The standard InChI is InChI=1S/C21H29N3O4S/c1-5-20(16-8-10-18(11-9-16)23-29(4,26)27)28-21(25)22-17-12-14-19(15-13-17)24(6-2)7-3/h8-15,20,23H,5-7H2,1-4H3,(H,22,25). The number of hydrogen-bond donors (Lipinski definition) is 2. The highest BCUT2D eigenvalue weighted by Crippen LogP contribution is 2.24. The summed E-state index contributed by atoms with van der Waals surface area (Å²) in [6.07, 6.45) is 0.716. The van der Waals surface area contributed by atoms with Gasteiger partial charge in [-0.05, 0) is 62.2 Å². The van der Waals surface area contributed by atoms with Crippen LogP contribution in [0.5, 0.6) is 0 Å². The predicted octanol–water partition coefficient (Wildman–Crippen LogP) is 4.60. The quantitative estimate of drug-likeness (QED) is 0.620. The molecule has 1 unspecified atom stereocenters. The molecule has 0 saturated carbocycles. The molecule has 29 heavy (non-hydrogen) atoms. The van der Waals surface area contributed by atoms with E-state index in [9.17, 15) is 13.2 Å². The number of sulfonamides is 1. The van der Waals surface area contributed by atoms with Gasteiger partial charge in [0.1, 0.15) is 6.10 Å². The minimum absolute atomic E-state index is 0.433. The van der Waals surface area contributed by atoms with Gasteiger partial charge < -0.3 is 9.64 Å². The van der Waals surface area contributed by atoms with E-state index >= 15 is 0 Å². The molecule has 2 N–H and O–H groups in total. The molecule has 0 aliphatic rings. The van der Waals surface area contributed by atoms with Crippen LogP contribution in [0.15, 0.2) is 48.5 Å². The summed E-state index contributed by atoms with van der Waals surface area (Å²) in [5.41, 5.74) is 3.01. The number of carbonyl (C=O) groups is 1. The van der Waals surface area contributed by atoms with Crippen LogP contribution >= 0.6 is 0 Å². The Balaban J connectivity index is 1.99. The molecule has 1 atom stereocenters. The Labute approximate surface area is 173 Å². The first-order chi connectivity index (χ1) is 13.8. The van der Waals surface area contributed by atoms with Crippen molar-refractivity contribution in [2.24, 2.45) is 0 Å². The van der Waals surface area contributed by atoms with Gasteiger partial charge in [-0.15, -0.1) is 0 Å². The summed E-state index contributed by atoms with van der Waals surface area (Å²) in [7, 11) is -3.33. The lowest BCUT2D eigenvalue weighted by Gasteiger charge is -2.21. The normalized spacial score (nSPS) is 12.1. The van der Waals surface area contributed by atoms with E-state index in [4.69, 9.17) is 4.74 Å². The minimum atomic E-state index is -3.33. The average Bonchev–Trinajstić information content (AvgIpc) is 2.68. The fourth-order valence-electron chi connectivity index (χ4n) is 2.99. The number of anilines is 3. The highest BCUT2D eigenvalue weighted by molar-refractivity contribution is 7.92. The fraction of sp³-hybridized carbons (Fsp3) is 0.381. The topological polar surface area (TPSA) is 87.7 Å². The molecule has 0 aromatic heterocycles. The fourth-order valence-corrected chi connectivity index (χ4v) is 3.55. The first kappa shape index (κ1) is 22.5. The number of nitrogens with one attached hydrogen (secondary N) is 2. The van der Waals surface area contributed by atoms with Gasteiger partial charge in [-0.25, -0.2) is 13.2 Å². The van der Waals surface area contributed by atoms with Gasteiger partial charge in [0.2, 0.25) is 10.0 Å². The maximum Gasteiger partial charge on any atom is 0.412 e. The van der Waals surface area contributed by atoms with Crippen molar-refractivity contribution in [2.75, 3.05) is 34.3 Å². The largest absolute Gasteiger partial charge is 0.441 e. The summed E-state index contributed by atoms with van der Waals surface area (Å²) in [6, 6.07) is 14.4. The molecule has 0 radical (unpaired) electrons. The van der Waals surface area contributed by atoms with Crippen LogP contribution in [0.25, 0.3) is 0 Å². The minimum Gasteiger partial charge on any atom is -0.441 e. The molecule has 8 heteroatoms. The van der Waals surface area contributed by atoms with Crippen LogP contribution in [-0.4, -0.2) is 33.9 Å². The van der Waals surface area contributed by atoms with Crippen molar-refractivity contribution >= 4 is 33.2 Å². The van der Waals surface area contributed by atoms with E-state index in [-0.39, 0.29) is 0 Å². The molecule has 2 aromatic rings. The van der Waals surface area contributed by atoms with Crippen molar-refractivity contribution in [2.45, 2.75) is 33.3 Å². The molecule has 7 nitrogen and oxygen atoms in total. The maximum atomic E-state index is 12.3. The average molecular weight is 420 g/mol.